The molecule has 0 saturated heterocycles. The maximum atomic E-state index is 12.3. The molecular weight excluding hydrogens is 322 g/mol. The molecule has 0 spiro atoms. The molecule has 0 radical (unpaired) electrons. The van der Waals surface area contributed by atoms with Crippen molar-refractivity contribution in [3.05, 3.63) is 59.9 Å². The van der Waals surface area contributed by atoms with E-state index in [1.54, 1.807) is 31.2 Å². The van der Waals surface area contributed by atoms with Crippen molar-refractivity contribution >= 4 is 16.9 Å². The summed E-state index contributed by atoms with van der Waals surface area (Å²) in [4.78, 5) is 12.3. The fraction of sp³-hybridized carbons (Fsp3) is 0.211. The minimum atomic E-state index is -1.33. The number of aliphatic hydroxyl groups is 1. The van der Waals surface area contributed by atoms with Gasteiger partial charge >= 0.3 is 0 Å². The molecule has 0 saturated carbocycles. The Bertz CT molecular complexity index is 911. The van der Waals surface area contributed by atoms with Crippen LogP contribution in [0.1, 0.15) is 23.0 Å². The standard InChI is InChI=1S/C19H17NO5/c1-19(22,17-9-12-4-2-3-5-14(12)25-17)10-20-18(21)13-6-7-15-16(8-13)24-11-23-15/h2-9,22H,10-11H2,1H3,(H,20,21)/t19-/m1/s1. The first-order valence-electron chi connectivity index (χ1n) is 7.92. The predicted octanol–water partition coefficient (Wildman–Crippen LogP) is 2.80. The summed E-state index contributed by atoms with van der Waals surface area (Å²) < 4.78 is 16.2. The number of carbonyl (C=O) groups excluding carboxylic acids is 1. The van der Waals surface area contributed by atoms with Gasteiger partial charge in [0.1, 0.15) is 16.9 Å². The van der Waals surface area contributed by atoms with Gasteiger partial charge in [0.2, 0.25) is 6.79 Å². The summed E-state index contributed by atoms with van der Waals surface area (Å²) >= 11 is 0. The first-order chi connectivity index (χ1) is 12.0. The Hall–Kier alpha value is -2.99. The van der Waals surface area contributed by atoms with Gasteiger partial charge in [-0.2, -0.15) is 0 Å². The Morgan fingerprint density at radius 3 is 2.80 bits per heavy atom. The van der Waals surface area contributed by atoms with Gasteiger partial charge in [0, 0.05) is 10.9 Å². The number of hydrogen-bond donors (Lipinski definition) is 2. The number of amides is 1. The third-order valence-electron chi connectivity index (χ3n) is 4.18. The van der Waals surface area contributed by atoms with Crippen LogP contribution in [0.2, 0.25) is 0 Å². The van der Waals surface area contributed by atoms with E-state index in [2.05, 4.69) is 5.32 Å². The lowest BCUT2D eigenvalue weighted by molar-refractivity contribution is 0.0344. The van der Waals surface area contributed by atoms with Crippen molar-refractivity contribution in [2.24, 2.45) is 0 Å². The van der Waals surface area contributed by atoms with Gasteiger partial charge in [-0.05, 0) is 37.3 Å². The zero-order chi connectivity index (χ0) is 17.4. The fourth-order valence-corrected chi connectivity index (χ4v) is 2.73. The minimum absolute atomic E-state index is 0.0140. The van der Waals surface area contributed by atoms with Crippen LogP contribution in [0, 0.1) is 0 Å². The summed E-state index contributed by atoms with van der Waals surface area (Å²) in [5, 5.41) is 14.3. The van der Waals surface area contributed by atoms with Crippen LogP contribution in [-0.4, -0.2) is 24.4 Å². The molecule has 6 nitrogen and oxygen atoms in total. The molecule has 25 heavy (non-hydrogen) atoms. The van der Waals surface area contributed by atoms with E-state index in [0.29, 0.717) is 28.4 Å². The van der Waals surface area contributed by atoms with Gasteiger partial charge in [-0.3, -0.25) is 4.79 Å². The van der Waals surface area contributed by atoms with Gasteiger partial charge in [-0.15, -0.1) is 0 Å². The number of fused-ring (bicyclic) bond motifs is 2. The van der Waals surface area contributed by atoms with Crippen LogP contribution < -0.4 is 14.8 Å². The van der Waals surface area contributed by atoms with Gasteiger partial charge in [-0.1, -0.05) is 18.2 Å². The molecule has 1 aliphatic rings. The zero-order valence-electron chi connectivity index (χ0n) is 13.6. The first-order valence-corrected chi connectivity index (χ1v) is 7.92. The first kappa shape index (κ1) is 15.5. The Morgan fingerprint density at radius 1 is 1.16 bits per heavy atom. The summed E-state index contributed by atoms with van der Waals surface area (Å²) in [6.07, 6.45) is 0. The molecule has 1 atom stereocenters. The van der Waals surface area contributed by atoms with Gasteiger partial charge in [0.15, 0.2) is 11.5 Å². The molecule has 0 fully saturated rings. The van der Waals surface area contributed by atoms with E-state index in [9.17, 15) is 9.90 Å². The van der Waals surface area contributed by atoms with E-state index in [0.717, 1.165) is 5.39 Å². The van der Waals surface area contributed by atoms with Crippen LogP contribution in [0.3, 0.4) is 0 Å². The number of para-hydroxylation sites is 1. The quantitative estimate of drug-likeness (QED) is 0.764. The largest absolute Gasteiger partial charge is 0.458 e. The third kappa shape index (κ3) is 2.92. The van der Waals surface area contributed by atoms with Crippen molar-refractivity contribution in [3.8, 4) is 11.5 Å². The van der Waals surface area contributed by atoms with Crippen molar-refractivity contribution in [1.29, 1.82) is 0 Å². The van der Waals surface area contributed by atoms with Crippen LogP contribution in [0.4, 0.5) is 0 Å². The second kappa shape index (κ2) is 5.82. The summed E-state index contributed by atoms with van der Waals surface area (Å²) in [6.45, 7) is 1.77. The van der Waals surface area contributed by atoms with Gasteiger partial charge in [0.05, 0.1) is 6.54 Å². The monoisotopic (exact) mass is 339 g/mol. The molecular formula is C19H17NO5. The number of furan rings is 1. The molecule has 0 unspecified atom stereocenters. The number of rotatable bonds is 4. The summed E-state index contributed by atoms with van der Waals surface area (Å²) in [6, 6.07) is 14.2. The highest BCUT2D eigenvalue weighted by Gasteiger charge is 2.28. The van der Waals surface area contributed by atoms with E-state index in [1.165, 1.54) is 0 Å². The Labute approximate surface area is 144 Å². The Balaban J connectivity index is 1.48. The maximum absolute atomic E-state index is 12.3. The Kier molecular flexibility index (Phi) is 3.62. The molecule has 2 N–H and O–H groups in total. The zero-order valence-corrected chi connectivity index (χ0v) is 13.6. The number of hydrogen-bond acceptors (Lipinski definition) is 5. The number of ether oxygens (including phenoxy) is 2. The van der Waals surface area contributed by atoms with Crippen molar-refractivity contribution < 1.29 is 23.8 Å². The van der Waals surface area contributed by atoms with E-state index in [1.807, 2.05) is 24.3 Å². The summed E-state index contributed by atoms with van der Waals surface area (Å²) in [5.41, 5.74) is -0.199. The highest BCUT2D eigenvalue weighted by Crippen LogP contribution is 2.32. The number of benzene rings is 2. The smallest absolute Gasteiger partial charge is 0.251 e. The number of nitrogens with one attached hydrogen (secondary N) is 1. The Morgan fingerprint density at radius 2 is 1.96 bits per heavy atom. The minimum Gasteiger partial charge on any atom is -0.458 e. The highest BCUT2D eigenvalue weighted by molar-refractivity contribution is 5.95. The predicted molar refractivity (Wildman–Crippen MR) is 90.7 cm³/mol. The summed E-state index contributed by atoms with van der Waals surface area (Å²) in [7, 11) is 0. The molecule has 1 amide bonds. The normalized spacial score (nSPS) is 15.1. The molecule has 0 bridgehead atoms. The lowest BCUT2D eigenvalue weighted by Gasteiger charge is -2.21. The van der Waals surface area contributed by atoms with E-state index in [4.69, 9.17) is 13.9 Å². The highest BCUT2D eigenvalue weighted by atomic mass is 16.7. The third-order valence-corrected chi connectivity index (χ3v) is 4.18. The molecule has 1 aromatic heterocycles. The van der Waals surface area contributed by atoms with Crippen LogP contribution >= 0.6 is 0 Å². The van der Waals surface area contributed by atoms with Crippen molar-refractivity contribution in [3.63, 3.8) is 0 Å². The molecule has 2 heterocycles. The van der Waals surface area contributed by atoms with Crippen LogP contribution in [0.15, 0.2) is 52.9 Å². The second-order valence-electron chi connectivity index (χ2n) is 6.17. The van der Waals surface area contributed by atoms with Crippen LogP contribution in [0.5, 0.6) is 11.5 Å². The van der Waals surface area contributed by atoms with E-state index in [-0.39, 0.29) is 19.2 Å². The average Bonchev–Trinajstić information content (AvgIpc) is 3.25. The molecule has 6 heteroatoms. The molecule has 128 valence electrons. The summed E-state index contributed by atoms with van der Waals surface area (Å²) in [5.74, 6) is 1.25. The van der Waals surface area contributed by atoms with Crippen LogP contribution in [0.25, 0.3) is 11.0 Å². The molecule has 1 aliphatic heterocycles. The van der Waals surface area contributed by atoms with Gasteiger partial charge < -0.3 is 24.3 Å². The fourth-order valence-electron chi connectivity index (χ4n) is 2.73. The van der Waals surface area contributed by atoms with Gasteiger partial charge in [-0.25, -0.2) is 0 Å². The molecule has 4 rings (SSSR count). The maximum Gasteiger partial charge on any atom is 0.251 e. The van der Waals surface area contributed by atoms with Crippen molar-refractivity contribution in [2.45, 2.75) is 12.5 Å². The van der Waals surface area contributed by atoms with Crippen LogP contribution in [-0.2, 0) is 5.60 Å². The van der Waals surface area contributed by atoms with Gasteiger partial charge in [0.25, 0.3) is 5.91 Å². The molecule has 0 aliphatic carbocycles. The number of carbonyl (C=O) groups is 1. The lowest BCUT2D eigenvalue weighted by Crippen LogP contribution is -2.38. The topological polar surface area (TPSA) is 80.9 Å². The van der Waals surface area contributed by atoms with Crippen molar-refractivity contribution in [2.75, 3.05) is 13.3 Å². The molecule has 3 aromatic rings. The van der Waals surface area contributed by atoms with E-state index >= 15 is 0 Å². The van der Waals surface area contributed by atoms with Crippen molar-refractivity contribution in [1.82, 2.24) is 5.32 Å². The second-order valence-corrected chi connectivity index (χ2v) is 6.17. The lowest BCUT2D eigenvalue weighted by atomic mass is 10.0. The average molecular weight is 339 g/mol. The molecule has 2 aromatic carbocycles. The van der Waals surface area contributed by atoms with E-state index < -0.39 is 5.60 Å². The SMILES string of the molecule is C[C@@](O)(CNC(=O)c1ccc2c(c1)OCO2)c1cc2ccccc2o1.